The number of esters is 2. The normalized spacial score (nSPS) is 10.8. The second-order valence-electron chi connectivity index (χ2n) is 11.4. The first-order chi connectivity index (χ1) is 22.9. The Balaban J connectivity index is 1.35. The van der Waals surface area contributed by atoms with Crippen molar-refractivity contribution in [3.63, 3.8) is 0 Å². The van der Waals surface area contributed by atoms with Gasteiger partial charge in [0.15, 0.2) is 0 Å². The number of carbonyl (C=O) groups is 3. The van der Waals surface area contributed by atoms with E-state index in [0.29, 0.717) is 13.2 Å². The van der Waals surface area contributed by atoms with Crippen LogP contribution >= 0.6 is 11.3 Å². The fourth-order valence-electron chi connectivity index (χ4n) is 5.37. The quantitative estimate of drug-likeness (QED) is 0.0577. The highest BCUT2D eigenvalue weighted by molar-refractivity contribution is 7.18. The van der Waals surface area contributed by atoms with Gasteiger partial charge in [-0.3, -0.25) is 0 Å². The largest absolute Gasteiger partial charge is 0.478 e. The number of fused-ring (bicyclic) bond motifs is 1. The number of benzene rings is 3. The molecule has 4 rings (SSSR count). The van der Waals surface area contributed by atoms with Gasteiger partial charge in [0.1, 0.15) is 0 Å². The number of carboxylic acids is 1. The first-order valence-electron chi connectivity index (χ1n) is 16.2. The zero-order valence-corrected chi connectivity index (χ0v) is 27.6. The lowest BCUT2D eigenvalue weighted by Crippen LogP contribution is -2.25. The van der Waals surface area contributed by atoms with Gasteiger partial charge in [0, 0.05) is 40.7 Å². The molecule has 0 fully saturated rings. The van der Waals surface area contributed by atoms with E-state index < -0.39 is 5.97 Å². The third-order valence-electron chi connectivity index (χ3n) is 7.96. The fourth-order valence-corrected chi connectivity index (χ4v) is 6.37. The van der Waals surface area contributed by atoms with Crippen LogP contribution in [0.15, 0.2) is 98.1 Å². The Hall–Kier alpha value is -4.69. The van der Waals surface area contributed by atoms with Gasteiger partial charge in [-0.05, 0) is 103 Å². The minimum atomic E-state index is -0.922. The van der Waals surface area contributed by atoms with Gasteiger partial charge in [-0.25, -0.2) is 14.4 Å². The number of carboxylic acid groups (broad SMARTS) is 1. The van der Waals surface area contributed by atoms with Crippen molar-refractivity contribution in [2.45, 2.75) is 51.4 Å². The van der Waals surface area contributed by atoms with Gasteiger partial charge in [-0.2, -0.15) is 0 Å². The zero-order valence-electron chi connectivity index (χ0n) is 26.8. The number of thiophene rings is 1. The van der Waals surface area contributed by atoms with Crippen LogP contribution in [0, 0.1) is 0 Å². The molecule has 0 aliphatic heterocycles. The molecule has 1 N–H and O–H groups in total. The first kappa shape index (κ1) is 35.2. The summed E-state index contributed by atoms with van der Waals surface area (Å²) in [5.41, 5.74) is 3.76. The van der Waals surface area contributed by atoms with Crippen molar-refractivity contribution in [1.29, 1.82) is 0 Å². The fraction of sp³-hybridized carbons (Fsp3) is 0.308. The van der Waals surface area contributed by atoms with E-state index in [1.807, 2.05) is 18.2 Å². The van der Waals surface area contributed by atoms with Crippen LogP contribution in [0.3, 0.4) is 0 Å². The Kier molecular flexibility index (Phi) is 13.8. The van der Waals surface area contributed by atoms with Gasteiger partial charge in [0.2, 0.25) is 0 Å². The standard InChI is InChI=1S/C39H43NO6S/c1-3-37(41)45-25-11-7-5-9-23-40(24-10-6-8-12-26-46-38(42)4-2)34-19-17-29(18-20-34)35-21-22-36(47-35)32-15-13-31-28-33(39(43)44)16-14-30(31)27-32/h3-4,13-22,27-28H,1-2,5-12,23-26H2,(H,43,44). The Morgan fingerprint density at radius 3 is 1.72 bits per heavy atom. The summed E-state index contributed by atoms with van der Waals surface area (Å²) in [6, 6.07) is 24.4. The van der Waals surface area contributed by atoms with Crippen LogP contribution in [-0.4, -0.2) is 49.3 Å². The number of nitrogens with zero attached hydrogens (tertiary/aromatic N) is 1. The summed E-state index contributed by atoms with van der Waals surface area (Å²) in [5, 5.41) is 11.2. The van der Waals surface area contributed by atoms with Gasteiger partial charge in [-0.1, -0.05) is 56.3 Å². The second-order valence-corrected chi connectivity index (χ2v) is 12.4. The average molecular weight is 654 g/mol. The van der Waals surface area contributed by atoms with Crippen LogP contribution in [0.4, 0.5) is 5.69 Å². The van der Waals surface area contributed by atoms with Crippen LogP contribution in [0.5, 0.6) is 0 Å². The molecule has 0 spiro atoms. The first-order valence-corrected chi connectivity index (χ1v) is 17.0. The van der Waals surface area contributed by atoms with Gasteiger partial charge in [0.25, 0.3) is 0 Å². The lowest BCUT2D eigenvalue weighted by Gasteiger charge is -2.25. The number of carbonyl (C=O) groups excluding carboxylic acids is 2. The number of hydrogen-bond donors (Lipinski definition) is 1. The maximum Gasteiger partial charge on any atom is 0.335 e. The SMILES string of the molecule is C=CC(=O)OCCCCCCN(CCCCCCOC(=O)C=C)c1ccc(-c2ccc(-c3ccc4cc(C(=O)O)ccc4c3)s2)cc1. The highest BCUT2D eigenvalue weighted by atomic mass is 32.1. The summed E-state index contributed by atoms with van der Waals surface area (Å²) in [7, 11) is 0. The molecule has 0 amide bonds. The molecular weight excluding hydrogens is 610 g/mol. The molecule has 7 nitrogen and oxygen atoms in total. The number of ether oxygens (including phenoxy) is 2. The number of hydrogen-bond acceptors (Lipinski definition) is 7. The minimum absolute atomic E-state index is 0.290. The maximum atomic E-state index is 11.3. The van der Waals surface area contributed by atoms with E-state index in [2.05, 4.69) is 60.5 Å². The molecule has 0 saturated heterocycles. The molecule has 1 aromatic heterocycles. The molecule has 246 valence electrons. The highest BCUT2D eigenvalue weighted by Crippen LogP contribution is 2.36. The molecule has 0 atom stereocenters. The monoisotopic (exact) mass is 653 g/mol. The summed E-state index contributed by atoms with van der Waals surface area (Å²) in [4.78, 5) is 38.6. The van der Waals surface area contributed by atoms with Crippen LogP contribution in [0.1, 0.15) is 61.7 Å². The summed E-state index contributed by atoms with van der Waals surface area (Å²) in [5.74, 6) is -1.67. The second kappa shape index (κ2) is 18.5. The molecule has 0 aliphatic rings. The molecular formula is C39H43NO6S. The van der Waals surface area contributed by atoms with E-state index in [-0.39, 0.29) is 17.5 Å². The molecule has 47 heavy (non-hydrogen) atoms. The van der Waals surface area contributed by atoms with Crippen molar-refractivity contribution in [2.24, 2.45) is 0 Å². The maximum absolute atomic E-state index is 11.3. The van der Waals surface area contributed by atoms with Crippen molar-refractivity contribution in [3.05, 3.63) is 104 Å². The van der Waals surface area contributed by atoms with E-state index in [1.165, 1.54) is 28.3 Å². The van der Waals surface area contributed by atoms with Gasteiger partial charge >= 0.3 is 17.9 Å². The number of unbranched alkanes of at least 4 members (excludes halogenated alkanes) is 6. The molecule has 0 radical (unpaired) electrons. The summed E-state index contributed by atoms with van der Waals surface area (Å²) in [6.07, 6.45) is 10.3. The smallest absolute Gasteiger partial charge is 0.335 e. The van der Waals surface area contributed by atoms with E-state index in [9.17, 15) is 19.5 Å². The Bertz CT molecular complexity index is 1620. The summed E-state index contributed by atoms with van der Waals surface area (Å²) < 4.78 is 10.2. The third kappa shape index (κ3) is 11.0. The van der Waals surface area contributed by atoms with Crippen molar-refractivity contribution < 1.29 is 29.0 Å². The minimum Gasteiger partial charge on any atom is -0.478 e. The average Bonchev–Trinajstić information content (AvgIpc) is 3.59. The molecule has 8 heteroatoms. The van der Waals surface area contributed by atoms with Crippen LogP contribution < -0.4 is 4.90 Å². The molecule has 0 saturated carbocycles. The highest BCUT2D eigenvalue weighted by Gasteiger charge is 2.11. The predicted octanol–water partition coefficient (Wildman–Crippen LogP) is 9.32. The van der Waals surface area contributed by atoms with Crippen molar-refractivity contribution in [2.75, 3.05) is 31.2 Å². The van der Waals surface area contributed by atoms with Crippen molar-refractivity contribution in [3.8, 4) is 20.9 Å². The topological polar surface area (TPSA) is 93.1 Å². The van der Waals surface area contributed by atoms with E-state index >= 15 is 0 Å². The Morgan fingerprint density at radius 1 is 0.638 bits per heavy atom. The number of rotatable bonds is 20. The van der Waals surface area contributed by atoms with E-state index in [0.717, 1.165) is 85.7 Å². The van der Waals surface area contributed by atoms with Crippen molar-refractivity contribution >= 4 is 45.7 Å². The zero-order chi connectivity index (χ0) is 33.4. The van der Waals surface area contributed by atoms with Gasteiger partial charge in [0.05, 0.1) is 18.8 Å². The lowest BCUT2D eigenvalue weighted by atomic mass is 10.0. The van der Waals surface area contributed by atoms with Gasteiger partial charge in [-0.15, -0.1) is 11.3 Å². The number of aromatic carboxylic acids is 1. The van der Waals surface area contributed by atoms with Crippen LogP contribution in [-0.2, 0) is 19.1 Å². The number of anilines is 1. The molecule has 1 heterocycles. The molecule has 4 aromatic rings. The third-order valence-corrected chi connectivity index (χ3v) is 9.14. The molecule has 0 aliphatic carbocycles. The lowest BCUT2D eigenvalue weighted by molar-refractivity contribution is -0.138. The molecule has 0 bridgehead atoms. The summed E-state index contributed by atoms with van der Waals surface area (Å²) in [6.45, 7) is 9.60. The van der Waals surface area contributed by atoms with Crippen LogP contribution in [0.2, 0.25) is 0 Å². The Labute approximate surface area is 281 Å². The predicted molar refractivity (Wildman–Crippen MR) is 191 cm³/mol. The summed E-state index contributed by atoms with van der Waals surface area (Å²) >= 11 is 1.74. The van der Waals surface area contributed by atoms with Gasteiger partial charge < -0.3 is 19.5 Å². The molecule has 3 aromatic carbocycles. The molecule has 0 unspecified atom stereocenters. The van der Waals surface area contributed by atoms with Crippen molar-refractivity contribution in [1.82, 2.24) is 0 Å². The van der Waals surface area contributed by atoms with E-state index in [4.69, 9.17) is 9.47 Å². The Morgan fingerprint density at radius 2 is 1.15 bits per heavy atom. The van der Waals surface area contributed by atoms with E-state index in [1.54, 1.807) is 23.5 Å². The van der Waals surface area contributed by atoms with Crippen LogP contribution in [0.25, 0.3) is 31.7 Å².